The van der Waals surface area contributed by atoms with E-state index in [9.17, 15) is 0 Å². The predicted octanol–water partition coefficient (Wildman–Crippen LogP) is 7.41. The van der Waals surface area contributed by atoms with Crippen LogP contribution in [0.1, 0.15) is 5.56 Å². The Balaban J connectivity index is 0.000000172. The molecule has 2 aromatic heterocycles. The van der Waals surface area contributed by atoms with Crippen LogP contribution in [-0.2, 0) is 59.4 Å². The molecule has 0 unspecified atom stereocenters. The molecule has 0 saturated heterocycles. The standard InChI is InChI=1S/C18H10NO.C15H10N.Ir.Y/c1-2-6-13(7-3-1)15-10-17-18(19-11-15)16-9-5-4-8-14(16)12-20-17;1-2-6-12(7-3-1)15-11-10-13-8-4-5-9-14(13)16-15;;/h1-6,8,11H,12H2;1-6,8-11H;;/q-3;-1;;. The third kappa shape index (κ3) is 6.17. The molecule has 1 aliphatic heterocycles. The normalized spacial score (nSPS) is 10.8. The first kappa shape index (κ1) is 28.0. The number of pyridine rings is 2. The van der Waals surface area contributed by atoms with E-state index in [1.165, 1.54) is 5.39 Å². The van der Waals surface area contributed by atoms with E-state index in [-0.39, 0.29) is 52.8 Å². The summed E-state index contributed by atoms with van der Waals surface area (Å²) in [6.07, 6.45) is 1.81. The smallest absolute Gasteiger partial charge is 0.0781 e. The summed E-state index contributed by atoms with van der Waals surface area (Å²) in [5.74, 6) is 0.690. The van der Waals surface area contributed by atoms with E-state index in [0.717, 1.165) is 44.7 Å². The van der Waals surface area contributed by atoms with E-state index in [0.29, 0.717) is 12.4 Å². The first-order valence-electron chi connectivity index (χ1n) is 11.7. The van der Waals surface area contributed by atoms with Crippen molar-refractivity contribution < 1.29 is 57.6 Å². The monoisotopic (exact) mass is 742 g/mol. The van der Waals surface area contributed by atoms with Gasteiger partial charge in [0.1, 0.15) is 0 Å². The molecule has 184 valence electrons. The van der Waals surface area contributed by atoms with Gasteiger partial charge in [-0.3, -0.25) is 4.98 Å². The molecule has 3 nitrogen and oxygen atoms in total. The van der Waals surface area contributed by atoms with Crippen molar-refractivity contribution in [2.75, 3.05) is 0 Å². The van der Waals surface area contributed by atoms with Gasteiger partial charge in [0, 0.05) is 58.5 Å². The van der Waals surface area contributed by atoms with Gasteiger partial charge in [-0.05, 0) is 17.1 Å². The Bertz CT molecular complexity index is 1640. The SMILES string of the molecule is [Ir].[Y].[c-]1ccccc1-c1[c-]c2c(nc1)-c1[c-]cccc1CO2.[c-]1ccccc1-c1ccc2ccccc2n1. The largest absolute Gasteiger partial charge is 0.516 e. The van der Waals surface area contributed by atoms with Crippen LogP contribution >= 0.6 is 0 Å². The first-order valence-corrected chi connectivity index (χ1v) is 11.7. The number of rotatable bonds is 2. The summed E-state index contributed by atoms with van der Waals surface area (Å²) in [6, 6.07) is 46.7. The quantitative estimate of drug-likeness (QED) is 0.174. The number of hydrogen-bond donors (Lipinski definition) is 0. The van der Waals surface area contributed by atoms with Crippen LogP contribution in [0.2, 0.25) is 0 Å². The second kappa shape index (κ2) is 13.2. The van der Waals surface area contributed by atoms with Gasteiger partial charge < -0.3 is 9.72 Å². The minimum atomic E-state index is 0. The summed E-state index contributed by atoms with van der Waals surface area (Å²) in [4.78, 5) is 9.14. The summed E-state index contributed by atoms with van der Waals surface area (Å²) in [5.41, 5.74) is 7.82. The number of para-hydroxylation sites is 1. The summed E-state index contributed by atoms with van der Waals surface area (Å²) in [6.45, 7) is 0.541. The second-order valence-corrected chi connectivity index (χ2v) is 8.28. The molecular formula is C33H20IrN2OY-4. The summed E-state index contributed by atoms with van der Waals surface area (Å²) in [5, 5.41) is 1.17. The molecule has 0 saturated carbocycles. The molecule has 6 aromatic rings. The topological polar surface area (TPSA) is 35.0 Å². The number of aromatic nitrogens is 2. The molecular weight excluding hydrogens is 721 g/mol. The zero-order chi connectivity index (χ0) is 24.2. The van der Waals surface area contributed by atoms with E-state index >= 15 is 0 Å². The van der Waals surface area contributed by atoms with Crippen LogP contribution in [0, 0.1) is 24.3 Å². The molecule has 2 radical (unpaired) electrons. The minimum absolute atomic E-state index is 0. The summed E-state index contributed by atoms with van der Waals surface area (Å²) >= 11 is 0. The van der Waals surface area contributed by atoms with Gasteiger partial charge in [-0.2, -0.15) is 24.3 Å². The Morgan fingerprint density at radius 1 is 0.684 bits per heavy atom. The van der Waals surface area contributed by atoms with Crippen LogP contribution in [0.15, 0.2) is 109 Å². The number of nitrogens with zero attached hydrogens (tertiary/aromatic N) is 2. The predicted molar refractivity (Wildman–Crippen MR) is 142 cm³/mol. The van der Waals surface area contributed by atoms with Gasteiger partial charge in [-0.1, -0.05) is 42.1 Å². The Kier molecular flexibility index (Phi) is 9.71. The molecule has 5 heteroatoms. The summed E-state index contributed by atoms with van der Waals surface area (Å²) < 4.78 is 5.76. The average molecular weight is 742 g/mol. The number of fused-ring (bicyclic) bond motifs is 4. The van der Waals surface area contributed by atoms with Crippen LogP contribution in [0.3, 0.4) is 0 Å². The molecule has 0 atom stereocenters. The molecule has 0 aliphatic carbocycles. The molecule has 3 heterocycles. The van der Waals surface area contributed by atoms with Crippen molar-refractivity contribution in [3.63, 3.8) is 0 Å². The van der Waals surface area contributed by atoms with Gasteiger partial charge in [-0.15, -0.1) is 77.9 Å². The van der Waals surface area contributed by atoms with E-state index in [2.05, 4.69) is 46.4 Å². The van der Waals surface area contributed by atoms with Crippen LogP contribution in [0.25, 0.3) is 44.5 Å². The maximum absolute atomic E-state index is 5.76. The van der Waals surface area contributed by atoms with Gasteiger partial charge >= 0.3 is 0 Å². The Morgan fingerprint density at radius 2 is 1.42 bits per heavy atom. The van der Waals surface area contributed by atoms with E-state index in [1.807, 2.05) is 97.2 Å². The average Bonchev–Trinajstić information content (AvgIpc) is 2.98. The molecule has 7 rings (SSSR count). The molecule has 4 aromatic carbocycles. The van der Waals surface area contributed by atoms with Crippen molar-refractivity contribution >= 4 is 10.9 Å². The Morgan fingerprint density at radius 3 is 2.21 bits per heavy atom. The van der Waals surface area contributed by atoms with Crippen molar-refractivity contribution in [2.24, 2.45) is 0 Å². The Labute approximate surface area is 261 Å². The number of ether oxygens (including phenoxy) is 1. The van der Waals surface area contributed by atoms with Crippen LogP contribution in [0.4, 0.5) is 0 Å². The molecule has 0 amide bonds. The van der Waals surface area contributed by atoms with Gasteiger partial charge in [0.05, 0.1) is 17.9 Å². The first-order chi connectivity index (χ1) is 17.8. The fraction of sp³-hybridized carbons (Fsp3) is 0.0303. The van der Waals surface area contributed by atoms with Gasteiger partial charge in [0.25, 0.3) is 0 Å². The molecule has 0 bridgehead atoms. The summed E-state index contributed by atoms with van der Waals surface area (Å²) in [7, 11) is 0. The van der Waals surface area contributed by atoms with E-state index in [4.69, 9.17) is 4.74 Å². The van der Waals surface area contributed by atoms with Crippen LogP contribution in [0.5, 0.6) is 5.75 Å². The molecule has 1 aliphatic rings. The fourth-order valence-electron chi connectivity index (χ4n) is 4.11. The fourth-order valence-corrected chi connectivity index (χ4v) is 4.11. The van der Waals surface area contributed by atoms with Crippen molar-refractivity contribution in [1.29, 1.82) is 0 Å². The van der Waals surface area contributed by atoms with Crippen molar-refractivity contribution in [3.8, 4) is 39.4 Å². The van der Waals surface area contributed by atoms with Gasteiger partial charge in [0.15, 0.2) is 0 Å². The van der Waals surface area contributed by atoms with Crippen molar-refractivity contribution in [3.05, 3.63) is 139 Å². The number of hydrogen-bond acceptors (Lipinski definition) is 3. The second-order valence-electron chi connectivity index (χ2n) is 8.28. The van der Waals surface area contributed by atoms with Crippen LogP contribution in [-0.4, -0.2) is 9.97 Å². The molecule has 0 spiro atoms. The zero-order valence-corrected chi connectivity index (χ0v) is 25.5. The van der Waals surface area contributed by atoms with Crippen molar-refractivity contribution in [2.45, 2.75) is 6.61 Å². The molecule has 0 N–H and O–H groups in total. The third-order valence-electron chi connectivity index (χ3n) is 5.92. The van der Waals surface area contributed by atoms with Gasteiger partial charge in [0.2, 0.25) is 0 Å². The Hall–Kier alpha value is -3.01. The number of benzene rings is 4. The maximum Gasteiger partial charge on any atom is 0.0781 e. The maximum atomic E-state index is 5.76. The van der Waals surface area contributed by atoms with E-state index in [1.54, 1.807) is 0 Å². The molecule has 38 heavy (non-hydrogen) atoms. The van der Waals surface area contributed by atoms with Crippen molar-refractivity contribution in [1.82, 2.24) is 9.97 Å². The van der Waals surface area contributed by atoms with Gasteiger partial charge in [-0.25, -0.2) is 11.1 Å². The molecule has 0 fully saturated rings. The minimum Gasteiger partial charge on any atom is -0.516 e. The zero-order valence-electron chi connectivity index (χ0n) is 20.3. The third-order valence-corrected chi connectivity index (χ3v) is 5.92. The van der Waals surface area contributed by atoms with E-state index < -0.39 is 0 Å². The van der Waals surface area contributed by atoms with Crippen LogP contribution < -0.4 is 4.74 Å².